The Morgan fingerprint density at radius 1 is 1.04 bits per heavy atom. The standard InChI is InChI=1S/C19H12F4N2O2/c20-11-5-7-17(14(9-11)18(26)27)25-12-6-8-16(24-10-12)13-3-1-2-4-15(13)19(21,22)23/h1-10,25H,(H,26,27). The highest BCUT2D eigenvalue weighted by Gasteiger charge is 2.33. The van der Waals surface area contributed by atoms with Gasteiger partial charge in [-0.15, -0.1) is 0 Å². The van der Waals surface area contributed by atoms with Crippen LogP contribution in [0.2, 0.25) is 0 Å². The maximum atomic E-state index is 13.2. The summed E-state index contributed by atoms with van der Waals surface area (Å²) in [6.07, 6.45) is -3.24. The molecule has 138 valence electrons. The minimum Gasteiger partial charge on any atom is -0.478 e. The zero-order valence-electron chi connectivity index (χ0n) is 13.6. The predicted octanol–water partition coefficient (Wildman–Crippen LogP) is 5.35. The van der Waals surface area contributed by atoms with Gasteiger partial charge in [0, 0.05) is 5.56 Å². The zero-order chi connectivity index (χ0) is 19.6. The third-order valence-electron chi connectivity index (χ3n) is 3.76. The Hall–Kier alpha value is -3.42. The van der Waals surface area contributed by atoms with E-state index < -0.39 is 23.5 Å². The molecule has 0 aliphatic rings. The van der Waals surface area contributed by atoms with Crippen molar-refractivity contribution in [1.29, 1.82) is 0 Å². The molecule has 0 bridgehead atoms. The molecule has 2 N–H and O–H groups in total. The number of carbonyl (C=O) groups is 1. The highest BCUT2D eigenvalue weighted by Crippen LogP contribution is 2.36. The summed E-state index contributed by atoms with van der Waals surface area (Å²) in [5.41, 5.74) is -0.548. The van der Waals surface area contributed by atoms with Gasteiger partial charge in [0.1, 0.15) is 5.82 Å². The second kappa shape index (κ2) is 7.06. The van der Waals surface area contributed by atoms with Gasteiger partial charge in [0.2, 0.25) is 0 Å². The van der Waals surface area contributed by atoms with Crippen molar-refractivity contribution in [3.8, 4) is 11.3 Å². The molecule has 2 aromatic carbocycles. The van der Waals surface area contributed by atoms with Crippen LogP contribution in [0.15, 0.2) is 60.8 Å². The Labute approximate surface area is 151 Å². The first-order chi connectivity index (χ1) is 12.8. The summed E-state index contributed by atoms with van der Waals surface area (Å²) in [7, 11) is 0. The van der Waals surface area contributed by atoms with E-state index in [1.54, 1.807) is 0 Å². The van der Waals surface area contributed by atoms with Gasteiger partial charge in [0.15, 0.2) is 0 Å². The van der Waals surface area contributed by atoms with Crippen molar-refractivity contribution in [2.75, 3.05) is 5.32 Å². The lowest BCUT2D eigenvalue weighted by molar-refractivity contribution is -0.137. The molecule has 3 aromatic rings. The molecule has 0 saturated heterocycles. The third-order valence-corrected chi connectivity index (χ3v) is 3.76. The number of nitrogens with zero attached hydrogens (tertiary/aromatic N) is 1. The lowest BCUT2D eigenvalue weighted by Crippen LogP contribution is -2.07. The van der Waals surface area contributed by atoms with Gasteiger partial charge in [0.25, 0.3) is 0 Å². The van der Waals surface area contributed by atoms with Crippen molar-refractivity contribution < 1.29 is 27.5 Å². The minimum absolute atomic E-state index is 0.0652. The van der Waals surface area contributed by atoms with Crippen LogP contribution in [0.5, 0.6) is 0 Å². The zero-order valence-corrected chi connectivity index (χ0v) is 13.6. The van der Waals surface area contributed by atoms with E-state index in [1.807, 2.05) is 0 Å². The van der Waals surface area contributed by atoms with Crippen molar-refractivity contribution in [2.24, 2.45) is 0 Å². The van der Waals surface area contributed by atoms with Gasteiger partial charge < -0.3 is 10.4 Å². The fraction of sp³-hybridized carbons (Fsp3) is 0.0526. The lowest BCUT2D eigenvalue weighted by atomic mass is 10.0. The Balaban J connectivity index is 1.91. The average Bonchev–Trinajstić information content (AvgIpc) is 2.63. The van der Waals surface area contributed by atoms with Crippen LogP contribution in [0.4, 0.5) is 28.9 Å². The fourth-order valence-electron chi connectivity index (χ4n) is 2.54. The smallest absolute Gasteiger partial charge is 0.417 e. The molecular weight excluding hydrogens is 364 g/mol. The number of alkyl halides is 3. The lowest BCUT2D eigenvalue weighted by Gasteiger charge is -2.13. The van der Waals surface area contributed by atoms with Crippen molar-refractivity contribution in [1.82, 2.24) is 4.98 Å². The quantitative estimate of drug-likeness (QED) is 0.603. The van der Waals surface area contributed by atoms with Gasteiger partial charge in [-0.2, -0.15) is 13.2 Å². The Morgan fingerprint density at radius 2 is 1.78 bits per heavy atom. The molecule has 0 fully saturated rings. The molecule has 0 atom stereocenters. The summed E-state index contributed by atoms with van der Waals surface area (Å²) in [6.45, 7) is 0. The largest absolute Gasteiger partial charge is 0.478 e. The van der Waals surface area contributed by atoms with Crippen LogP contribution in [0.3, 0.4) is 0 Å². The van der Waals surface area contributed by atoms with Crippen LogP contribution in [0.1, 0.15) is 15.9 Å². The van der Waals surface area contributed by atoms with Crippen LogP contribution in [-0.2, 0) is 6.18 Å². The highest BCUT2D eigenvalue weighted by molar-refractivity contribution is 5.95. The second-order valence-corrected chi connectivity index (χ2v) is 5.60. The summed E-state index contributed by atoms with van der Waals surface area (Å²) in [4.78, 5) is 15.2. The molecule has 0 aliphatic heterocycles. The van der Waals surface area contributed by atoms with Crippen molar-refractivity contribution >= 4 is 17.3 Å². The van der Waals surface area contributed by atoms with Gasteiger partial charge in [-0.1, -0.05) is 18.2 Å². The molecule has 0 unspecified atom stereocenters. The molecule has 1 heterocycles. The number of aromatic carboxylic acids is 1. The first kappa shape index (κ1) is 18.4. The maximum absolute atomic E-state index is 13.2. The molecule has 1 aromatic heterocycles. The number of benzene rings is 2. The summed E-state index contributed by atoms with van der Waals surface area (Å²) < 4.78 is 52.6. The molecule has 8 heteroatoms. The minimum atomic E-state index is -4.51. The van der Waals surface area contributed by atoms with E-state index in [0.29, 0.717) is 5.69 Å². The molecule has 0 amide bonds. The summed E-state index contributed by atoms with van der Waals surface area (Å²) in [5, 5.41) is 11.9. The molecule has 27 heavy (non-hydrogen) atoms. The van der Waals surface area contributed by atoms with Gasteiger partial charge in [-0.25, -0.2) is 9.18 Å². The number of aromatic nitrogens is 1. The number of halogens is 4. The Morgan fingerprint density at radius 3 is 2.41 bits per heavy atom. The van der Waals surface area contributed by atoms with Gasteiger partial charge >= 0.3 is 12.1 Å². The van der Waals surface area contributed by atoms with Crippen LogP contribution in [0, 0.1) is 5.82 Å². The van der Waals surface area contributed by atoms with Gasteiger partial charge in [-0.3, -0.25) is 4.98 Å². The molecule has 4 nitrogen and oxygen atoms in total. The summed E-state index contributed by atoms with van der Waals surface area (Å²) in [5.74, 6) is -2.02. The second-order valence-electron chi connectivity index (χ2n) is 5.60. The van der Waals surface area contributed by atoms with E-state index in [0.717, 1.165) is 18.2 Å². The maximum Gasteiger partial charge on any atom is 0.417 e. The molecule has 0 spiro atoms. The number of pyridine rings is 1. The number of hydrogen-bond acceptors (Lipinski definition) is 3. The number of hydrogen-bond donors (Lipinski definition) is 2. The van der Waals surface area contributed by atoms with Crippen molar-refractivity contribution in [2.45, 2.75) is 6.18 Å². The van der Waals surface area contributed by atoms with Crippen LogP contribution >= 0.6 is 0 Å². The fourth-order valence-corrected chi connectivity index (χ4v) is 2.54. The topological polar surface area (TPSA) is 62.2 Å². The molecular formula is C19H12F4N2O2. The normalized spacial score (nSPS) is 11.3. The SMILES string of the molecule is O=C(O)c1cc(F)ccc1Nc1ccc(-c2ccccc2C(F)(F)F)nc1. The van der Waals surface area contributed by atoms with E-state index in [4.69, 9.17) is 5.11 Å². The monoisotopic (exact) mass is 376 g/mol. The number of carboxylic acid groups (broad SMARTS) is 1. The predicted molar refractivity (Wildman–Crippen MR) is 91.3 cm³/mol. The molecule has 0 aliphatic carbocycles. The van der Waals surface area contributed by atoms with Crippen molar-refractivity contribution in [3.05, 3.63) is 77.7 Å². The Kier molecular flexibility index (Phi) is 4.81. The first-order valence-corrected chi connectivity index (χ1v) is 7.68. The molecule has 3 rings (SSSR count). The third kappa shape index (κ3) is 4.05. The molecule has 0 radical (unpaired) electrons. The number of carboxylic acids is 1. The van der Waals surface area contributed by atoms with E-state index in [2.05, 4.69) is 10.3 Å². The van der Waals surface area contributed by atoms with Crippen LogP contribution < -0.4 is 5.32 Å². The number of rotatable bonds is 4. The van der Waals surface area contributed by atoms with Gasteiger partial charge in [-0.05, 0) is 36.4 Å². The van der Waals surface area contributed by atoms with E-state index in [9.17, 15) is 22.4 Å². The van der Waals surface area contributed by atoms with Crippen LogP contribution in [-0.4, -0.2) is 16.1 Å². The van der Waals surface area contributed by atoms with E-state index in [1.165, 1.54) is 42.6 Å². The Bertz CT molecular complexity index is 986. The number of anilines is 2. The van der Waals surface area contributed by atoms with E-state index >= 15 is 0 Å². The molecule has 0 saturated carbocycles. The first-order valence-electron chi connectivity index (χ1n) is 7.68. The van der Waals surface area contributed by atoms with Crippen molar-refractivity contribution in [3.63, 3.8) is 0 Å². The summed E-state index contributed by atoms with van der Waals surface area (Å²) >= 11 is 0. The van der Waals surface area contributed by atoms with Crippen LogP contribution in [0.25, 0.3) is 11.3 Å². The van der Waals surface area contributed by atoms with Gasteiger partial charge in [0.05, 0.1) is 34.4 Å². The highest BCUT2D eigenvalue weighted by atomic mass is 19.4. The number of nitrogens with one attached hydrogen (secondary N) is 1. The average molecular weight is 376 g/mol. The summed E-state index contributed by atoms with van der Waals surface area (Å²) in [6, 6.07) is 11.1. The van der Waals surface area contributed by atoms with E-state index in [-0.39, 0.29) is 22.5 Å².